The van der Waals surface area contributed by atoms with Crippen molar-refractivity contribution in [3.8, 4) is 5.75 Å². The maximum atomic E-state index is 11.9. The van der Waals surface area contributed by atoms with Gasteiger partial charge >= 0.3 is 6.03 Å². The van der Waals surface area contributed by atoms with E-state index in [1.165, 1.54) is 0 Å². The van der Waals surface area contributed by atoms with Crippen molar-refractivity contribution in [1.82, 2.24) is 10.8 Å². The monoisotopic (exact) mass is 355 g/mol. The molecule has 0 aromatic heterocycles. The van der Waals surface area contributed by atoms with Gasteiger partial charge in [0.2, 0.25) is 0 Å². The highest BCUT2D eigenvalue weighted by atomic mass is 16.7. The molecule has 26 heavy (non-hydrogen) atoms. The highest BCUT2D eigenvalue weighted by molar-refractivity contribution is 5.72. The summed E-state index contributed by atoms with van der Waals surface area (Å²) in [5.74, 6) is 1.29. The van der Waals surface area contributed by atoms with Crippen molar-refractivity contribution < 1.29 is 14.4 Å². The molecule has 1 aliphatic heterocycles. The molecule has 1 aliphatic rings. The molecule has 1 heterocycles. The zero-order valence-electron chi connectivity index (χ0n) is 15.0. The summed E-state index contributed by atoms with van der Waals surface area (Å²) in [7, 11) is 1.69. The summed E-state index contributed by atoms with van der Waals surface area (Å²) < 4.78 is 5.43. The molecule has 2 aromatic rings. The van der Waals surface area contributed by atoms with E-state index in [0.29, 0.717) is 19.1 Å². The minimum Gasteiger partial charge on any atom is -0.495 e. The number of anilines is 1. The van der Waals surface area contributed by atoms with E-state index in [1.807, 2.05) is 48.5 Å². The Hall–Kier alpha value is -2.73. The van der Waals surface area contributed by atoms with Gasteiger partial charge in [0.05, 0.1) is 19.4 Å². The molecule has 0 spiro atoms. The Morgan fingerprint density at radius 3 is 2.73 bits per heavy atom. The lowest BCUT2D eigenvalue weighted by Gasteiger charge is -2.21. The van der Waals surface area contributed by atoms with Crippen molar-refractivity contribution in [1.29, 1.82) is 0 Å². The van der Waals surface area contributed by atoms with Gasteiger partial charge in [0, 0.05) is 19.6 Å². The number of ether oxygens (including phenoxy) is 1. The van der Waals surface area contributed by atoms with E-state index in [0.717, 1.165) is 36.5 Å². The van der Waals surface area contributed by atoms with E-state index >= 15 is 0 Å². The average Bonchev–Trinajstić information content (AvgIpc) is 3.16. The minimum atomic E-state index is -0.309. The smallest absolute Gasteiger partial charge is 0.338 e. The Bertz CT molecular complexity index is 708. The van der Waals surface area contributed by atoms with Crippen molar-refractivity contribution >= 4 is 11.7 Å². The third-order valence-electron chi connectivity index (χ3n) is 4.51. The third kappa shape index (κ3) is 4.89. The predicted octanol–water partition coefficient (Wildman–Crippen LogP) is 2.95. The fourth-order valence-corrected chi connectivity index (χ4v) is 3.14. The van der Waals surface area contributed by atoms with Crippen LogP contribution >= 0.6 is 0 Å². The maximum Gasteiger partial charge on any atom is 0.338 e. The van der Waals surface area contributed by atoms with Crippen LogP contribution in [0.4, 0.5) is 10.5 Å². The van der Waals surface area contributed by atoms with Gasteiger partial charge in [-0.3, -0.25) is 4.84 Å². The summed E-state index contributed by atoms with van der Waals surface area (Å²) in [4.78, 5) is 19.4. The fraction of sp³-hybridized carbons (Fsp3) is 0.350. The van der Waals surface area contributed by atoms with Gasteiger partial charge in [0.1, 0.15) is 5.75 Å². The van der Waals surface area contributed by atoms with Crippen molar-refractivity contribution in [2.45, 2.75) is 13.0 Å². The molecule has 3 rings (SSSR count). The molecule has 138 valence electrons. The maximum absolute atomic E-state index is 11.9. The van der Waals surface area contributed by atoms with Crippen LogP contribution in [0.15, 0.2) is 54.6 Å². The summed E-state index contributed by atoms with van der Waals surface area (Å²) in [6.45, 7) is 2.82. The van der Waals surface area contributed by atoms with E-state index in [2.05, 4.69) is 21.8 Å². The Kier molecular flexibility index (Phi) is 6.33. The van der Waals surface area contributed by atoms with Crippen molar-refractivity contribution in [3.63, 3.8) is 0 Å². The molecule has 0 saturated carbocycles. The molecule has 1 fully saturated rings. The molecule has 0 radical (unpaired) electrons. The van der Waals surface area contributed by atoms with Crippen LogP contribution in [0.3, 0.4) is 0 Å². The van der Waals surface area contributed by atoms with Crippen LogP contribution in [0, 0.1) is 5.92 Å². The lowest BCUT2D eigenvalue weighted by Crippen LogP contribution is -2.38. The number of carbonyl (C=O) groups is 1. The summed E-state index contributed by atoms with van der Waals surface area (Å²) in [5.41, 5.74) is 4.55. The summed E-state index contributed by atoms with van der Waals surface area (Å²) in [5, 5.41) is 2.88. The van der Waals surface area contributed by atoms with Crippen LogP contribution in [-0.2, 0) is 11.4 Å². The molecule has 2 amide bonds. The number of nitrogens with zero attached hydrogens (tertiary/aromatic N) is 1. The van der Waals surface area contributed by atoms with Gasteiger partial charge in [-0.15, -0.1) is 0 Å². The number of rotatable bonds is 7. The first-order valence-corrected chi connectivity index (χ1v) is 8.84. The Morgan fingerprint density at radius 1 is 1.15 bits per heavy atom. The number of amides is 2. The molecule has 2 N–H and O–H groups in total. The second-order valence-corrected chi connectivity index (χ2v) is 6.36. The predicted molar refractivity (Wildman–Crippen MR) is 101 cm³/mol. The lowest BCUT2D eigenvalue weighted by atomic mass is 10.1. The largest absolute Gasteiger partial charge is 0.495 e. The molecule has 1 unspecified atom stereocenters. The van der Waals surface area contributed by atoms with Crippen molar-refractivity contribution in [3.05, 3.63) is 60.2 Å². The third-order valence-corrected chi connectivity index (χ3v) is 4.51. The quantitative estimate of drug-likeness (QED) is 0.750. The first kappa shape index (κ1) is 18.1. The molecule has 6 heteroatoms. The van der Waals surface area contributed by atoms with Crippen LogP contribution < -0.4 is 20.4 Å². The van der Waals surface area contributed by atoms with Crippen LogP contribution in [0.1, 0.15) is 12.0 Å². The van der Waals surface area contributed by atoms with E-state index in [9.17, 15) is 4.79 Å². The van der Waals surface area contributed by atoms with Gasteiger partial charge in [-0.1, -0.05) is 42.5 Å². The number of benzene rings is 2. The average molecular weight is 355 g/mol. The zero-order valence-corrected chi connectivity index (χ0v) is 15.0. The summed E-state index contributed by atoms with van der Waals surface area (Å²) >= 11 is 0. The van der Waals surface area contributed by atoms with Crippen LogP contribution in [0.25, 0.3) is 0 Å². The van der Waals surface area contributed by atoms with E-state index in [-0.39, 0.29) is 6.03 Å². The van der Waals surface area contributed by atoms with Gasteiger partial charge in [-0.2, -0.15) is 0 Å². The Labute approximate surface area is 154 Å². The molecular weight excluding hydrogens is 330 g/mol. The lowest BCUT2D eigenvalue weighted by molar-refractivity contribution is 0.0488. The molecule has 0 aliphatic carbocycles. The number of hydroxylamine groups is 1. The van der Waals surface area contributed by atoms with Crippen molar-refractivity contribution in [2.24, 2.45) is 5.92 Å². The fourth-order valence-electron chi connectivity index (χ4n) is 3.14. The summed E-state index contributed by atoms with van der Waals surface area (Å²) in [6.07, 6.45) is 1.03. The van der Waals surface area contributed by atoms with Crippen LogP contribution in [0.5, 0.6) is 5.75 Å². The Balaban J connectivity index is 1.38. The number of urea groups is 1. The van der Waals surface area contributed by atoms with Gasteiger partial charge in [-0.25, -0.2) is 10.3 Å². The number of hydrogen-bond acceptors (Lipinski definition) is 4. The molecule has 1 saturated heterocycles. The standard InChI is InChI=1S/C20H25N3O3/c1-25-19-10-6-5-9-18(19)23-12-11-17(14-23)13-21-20(24)22-26-15-16-7-3-2-4-8-16/h2-10,17H,11-15H2,1H3,(H2,21,22,24). The molecule has 1 atom stereocenters. The number of para-hydroxylation sites is 2. The van der Waals surface area contributed by atoms with Crippen molar-refractivity contribution in [2.75, 3.05) is 31.6 Å². The molecule has 2 aromatic carbocycles. The van der Waals surface area contributed by atoms with E-state index in [1.54, 1.807) is 7.11 Å². The second-order valence-electron chi connectivity index (χ2n) is 6.36. The van der Waals surface area contributed by atoms with E-state index < -0.39 is 0 Å². The van der Waals surface area contributed by atoms with Gasteiger partial charge in [0.25, 0.3) is 0 Å². The van der Waals surface area contributed by atoms with Gasteiger partial charge < -0.3 is 15.0 Å². The zero-order chi connectivity index (χ0) is 18.2. The SMILES string of the molecule is COc1ccccc1N1CCC(CNC(=O)NOCc2ccccc2)C1. The second kappa shape index (κ2) is 9.10. The first-order chi connectivity index (χ1) is 12.8. The number of carbonyl (C=O) groups excluding carboxylic acids is 1. The minimum absolute atomic E-state index is 0.309. The van der Waals surface area contributed by atoms with Crippen LogP contribution in [0.2, 0.25) is 0 Å². The molecule has 6 nitrogen and oxygen atoms in total. The molecular formula is C20H25N3O3. The van der Waals surface area contributed by atoms with Gasteiger partial charge in [-0.05, 0) is 30.0 Å². The van der Waals surface area contributed by atoms with E-state index in [4.69, 9.17) is 9.57 Å². The first-order valence-electron chi connectivity index (χ1n) is 8.84. The topological polar surface area (TPSA) is 62.8 Å². The van der Waals surface area contributed by atoms with Crippen LogP contribution in [-0.4, -0.2) is 32.8 Å². The summed E-state index contributed by atoms with van der Waals surface area (Å²) in [6, 6.07) is 17.4. The number of nitrogens with one attached hydrogen (secondary N) is 2. The highest BCUT2D eigenvalue weighted by Gasteiger charge is 2.24. The number of hydrogen-bond donors (Lipinski definition) is 2. The Morgan fingerprint density at radius 2 is 1.92 bits per heavy atom. The normalized spacial score (nSPS) is 16.3. The van der Waals surface area contributed by atoms with Gasteiger partial charge in [0.15, 0.2) is 0 Å². The highest BCUT2D eigenvalue weighted by Crippen LogP contribution is 2.31. The number of methoxy groups -OCH3 is 1. The molecule has 0 bridgehead atoms.